The summed E-state index contributed by atoms with van der Waals surface area (Å²) in [6.45, 7) is 2.14. The number of carbonyl (C=O) groups excluding carboxylic acids is 1. The Bertz CT molecular complexity index is 1050. The first-order valence-corrected chi connectivity index (χ1v) is 12.0. The van der Waals surface area contributed by atoms with Gasteiger partial charge in [-0.05, 0) is 55.6 Å². The first-order chi connectivity index (χ1) is 14.4. The number of halogens is 1. The van der Waals surface area contributed by atoms with E-state index in [0.717, 1.165) is 24.8 Å². The van der Waals surface area contributed by atoms with Gasteiger partial charge in [0.1, 0.15) is 4.90 Å². The average molecular weight is 448 g/mol. The van der Waals surface area contributed by atoms with Gasteiger partial charge in [0.05, 0.1) is 11.1 Å². The molecule has 1 unspecified atom stereocenters. The van der Waals surface area contributed by atoms with Gasteiger partial charge in [-0.3, -0.25) is 4.79 Å². The molecule has 1 fully saturated rings. The van der Waals surface area contributed by atoms with Gasteiger partial charge in [0.2, 0.25) is 10.0 Å². The van der Waals surface area contributed by atoms with Crippen molar-refractivity contribution in [2.24, 2.45) is 0 Å². The van der Waals surface area contributed by atoms with Crippen molar-refractivity contribution < 1.29 is 13.2 Å². The number of sulfonamides is 1. The van der Waals surface area contributed by atoms with Crippen LogP contribution in [0.3, 0.4) is 0 Å². The molecule has 1 saturated heterocycles. The molecular formula is C22H26ClN3O3S. The highest BCUT2D eigenvalue weighted by molar-refractivity contribution is 7.89. The van der Waals surface area contributed by atoms with Crippen LogP contribution in [0.15, 0.2) is 47.4 Å². The van der Waals surface area contributed by atoms with Gasteiger partial charge < -0.3 is 10.2 Å². The fraction of sp³-hybridized carbons (Fsp3) is 0.409. The molecule has 1 amide bonds. The summed E-state index contributed by atoms with van der Waals surface area (Å²) in [4.78, 5) is 15.0. The number of fused-ring (bicyclic) bond motifs is 1. The monoisotopic (exact) mass is 447 g/mol. The maximum Gasteiger partial charge on any atom is 0.251 e. The van der Waals surface area contributed by atoms with Crippen LogP contribution >= 0.6 is 11.6 Å². The highest BCUT2D eigenvalue weighted by atomic mass is 35.5. The zero-order valence-electron chi connectivity index (χ0n) is 17.0. The van der Waals surface area contributed by atoms with E-state index in [2.05, 4.69) is 16.3 Å². The third-order valence-electron chi connectivity index (χ3n) is 5.95. The average Bonchev–Trinajstić information content (AvgIpc) is 2.74. The van der Waals surface area contributed by atoms with Crippen molar-refractivity contribution in [2.45, 2.75) is 30.2 Å². The Hall–Kier alpha value is -1.93. The Labute approximate surface area is 182 Å². The molecule has 30 heavy (non-hydrogen) atoms. The largest absolute Gasteiger partial charge is 0.345 e. The maximum atomic E-state index is 13.1. The summed E-state index contributed by atoms with van der Waals surface area (Å²) in [6, 6.07) is 12.5. The van der Waals surface area contributed by atoms with E-state index in [-0.39, 0.29) is 21.9 Å². The Kier molecular flexibility index (Phi) is 6.16. The Balaban J connectivity index is 1.57. The van der Waals surface area contributed by atoms with E-state index >= 15 is 0 Å². The lowest BCUT2D eigenvalue weighted by atomic mass is 9.87. The summed E-state index contributed by atoms with van der Waals surface area (Å²) in [7, 11) is -1.80. The van der Waals surface area contributed by atoms with E-state index in [1.54, 1.807) is 6.07 Å². The lowest BCUT2D eigenvalue weighted by molar-refractivity contribution is 0.0932. The van der Waals surface area contributed by atoms with Crippen molar-refractivity contribution >= 4 is 27.5 Å². The van der Waals surface area contributed by atoms with E-state index in [1.807, 2.05) is 25.2 Å². The van der Waals surface area contributed by atoms with Crippen LogP contribution in [0.5, 0.6) is 0 Å². The van der Waals surface area contributed by atoms with Crippen molar-refractivity contribution in [3.05, 3.63) is 64.2 Å². The maximum absolute atomic E-state index is 13.1. The number of rotatable bonds is 4. The van der Waals surface area contributed by atoms with E-state index in [4.69, 9.17) is 11.6 Å². The van der Waals surface area contributed by atoms with Crippen LogP contribution < -0.4 is 5.32 Å². The van der Waals surface area contributed by atoms with Crippen LogP contribution in [0.1, 0.15) is 40.4 Å². The highest BCUT2D eigenvalue weighted by Crippen LogP contribution is 2.31. The van der Waals surface area contributed by atoms with E-state index < -0.39 is 10.0 Å². The second-order valence-electron chi connectivity index (χ2n) is 7.97. The quantitative estimate of drug-likeness (QED) is 0.781. The number of nitrogens with one attached hydrogen (secondary N) is 1. The predicted molar refractivity (Wildman–Crippen MR) is 117 cm³/mol. The second-order valence-corrected chi connectivity index (χ2v) is 10.3. The number of nitrogens with zero attached hydrogens (tertiary/aromatic N) is 2. The predicted octanol–water partition coefficient (Wildman–Crippen LogP) is 3.08. The van der Waals surface area contributed by atoms with Gasteiger partial charge in [-0.15, -0.1) is 0 Å². The van der Waals surface area contributed by atoms with Gasteiger partial charge in [-0.25, -0.2) is 8.42 Å². The van der Waals surface area contributed by atoms with Crippen LogP contribution in [0.4, 0.5) is 0 Å². The van der Waals surface area contributed by atoms with E-state index in [9.17, 15) is 13.2 Å². The van der Waals surface area contributed by atoms with Gasteiger partial charge in [0, 0.05) is 31.7 Å². The summed E-state index contributed by atoms with van der Waals surface area (Å²) in [6.07, 6.45) is 2.88. The number of piperazine rings is 1. The number of benzene rings is 2. The molecule has 2 aromatic rings. The summed E-state index contributed by atoms with van der Waals surface area (Å²) in [5.74, 6) is -0.289. The molecular weight excluding hydrogens is 422 g/mol. The van der Waals surface area contributed by atoms with Crippen molar-refractivity contribution in [1.29, 1.82) is 0 Å². The number of carbonyl (C=O) groups is 1. The smallest absolute Gasteiger partial charge is 0.251 e. The van der Waals surface area contributed by atoms with E-state index in [1.165, 1.54) is 22.0 Å². The number of hydrogen-bond acceptors (Lipinski definition) is 4. The molecule has 0 aromatic heterocycles. The topological polar surface area (TPSA) is 69.7 Å². The molecule has 2 aliphatic rings. The minimum Gasteiger partial charge on any atom is -0.345 e. The van der Waals surface area contributed by atoms with Gasteiger partial charge in [0.15, 0.2) is 0 Å². The van der Waals surface area contributed by atoms with Gasteiger partial charge in [-0.2, -0.15) is 4.31 Å². The molecule has 4 rings (SSSR count). The van der Waals surface area contributed by atoms with Crippen molar-refractivity contribution in [2.75, 3.05) is 33.2 Å². The zero-order chi connectivity index (χ0) is 21.3. The molecule has 6 nitrogen and oxygen atoms in total. The fourth-order valence-electron chi connectivity index (χ4n) is 4.16. The molecule has 0 radical (unpaired) electrons. The second kappa shape index (κ2) is 8.67. The van der Waals surface area contributed by atoms with Gasteiger partial charge in [0.25, 0.3) is 5.91 Å². The first-order valence-electron chi connectivity index (χ1n) is 10.2. The molecule has 1 atom stereocenters. The van der Waals surface area contributed by atoms with Crippen LogP contribution in [0.2, 0.25) is 5.02 Å². The van der Waals surface area contributed by atoms with Crippen molar-refractivity contribution in [3.63, 3.8) is 0 Å². The number of hydrogen-bond donors (Lipinski definition) is 1. The lowest BCUT2D eigenvalue weighted by Gasteiger charge is -2.31. The van der Waals surface area contributed by atoms with Crippen molar-refractivity contribution in [1.82, 2.24) is 14.5 Å². The zero-order valence-corrected chi connectivity index (χ0v) is 18.5. The number of aryl methyl sites for hydroxylation is 1. The van der Waals surface area contributed by atoms with Gasteiger partial charge in [-0.1, -0.05) is 35.9 Å². The molecule has 2 aromatic carbocycles. The van der Waals surface area contributed by atoms with Crippen LogP contribution in [0, 0.1) is 0 Å². The van der Waals surface area contributed by atoms with Gasteiger partial charge >= 0.3 is 0 Å². The highest BCUT2D eigenvalue weighted by Gasteiger charge is 2.30. The van der Waals surface area contributed by atoms with Crippen molar-refractivity contribution in [3.8, 4) is 0 Å². The molecule has 1 aliphatic heterocycles. The standard InChI is InChI=1S/C22H26ClN3O3S/c1-25-11-13-26(14-12-25)30(28,29)21-15-17(9-10-19(21)23)22(27)24-20-8-4-6-16-5-2-3-7-18(16)20/h2-3,5,7,9-10,15,20H,4,6,8,11-14H2,1H3,(H,24,27). The fourth-order valence-corrected chi connectivity index (χ4v) is 6.08. The Morgan fingerprint density at radius 2 is 1.83 bits per heavy atom. The van der Waals surface area contributed by atoms with Crippen LogP contribution in [-0.4, -0.2) is 56.8 Å². The minimum absolute atomic E-state index is 0.00888. The molecule has 1 heterocycles. The normalized spacial score (nSPS) is 20.5. The minimum atomic E-state index is -3.76. The first kappa shape index (κ1) is 21.3. The summed E-state index contributed by atoms with van der Waals surface area (Å²) >= 11 is 6.24. The third kappa shape index (κ3) is 4.25. The van der Waals surface area contributed by atoms with E-state index in [0.29, 0.717) is 31.7 Å². The molecule has 0 saturated carbocycles. The molecule has 160 valence electrons. The summed E-state index contributed by atoms with van der Waals surface area (Å²) in [5.41, 5.74) is 2.69. The molecule has 8 heteroatoms. The lowest BCUT2D eigenvalue weighted by Crippen LogP contribution is -2.47. The van der Waals surface area contributed by atoms with Crippen LogP contribution in [0.25, 0.3) is 0 Å². The summed E-state index contributed by atoms with van der Waals surface area (Å²) < 4.78 is 27.7. The molecule has 1 N–H and O–H groups in total. The summed E-state index contributed by atoms with van der Waals surface area (Å²) in [5, 5.41) is 3.21. The Morgan fingerprint density at radius 1 is 1.10 bits per heavy atom. The number of likely N-dealkylation sites (N-methyl/N-ethyl adjacent to an activating group) is 1. The number of amides is 1. The third-order valence-corrected chi connectivity index (χ3v) is 8.33. The molecule has 0 bridgehead atoms. The Morgan fingerprint density at radius 3 is 2.60 bits per heavy atom. The molecule has 0 spiro atoms. The molecule has 1 aliphatic carbocycles. The van der Waals surface area contributed by atoms with Crippen LogP contribution in [-0.2, 0) is 16.4 Å². The SMILES string of the molecule is CN1CCN(S(=O)(=O)c2cc(C(=O)NC3CCCc4ccccc43)ccc2Cl)CC1.